The van der Waals surface area contributed by atoms with Crippen molar-refractivity contribution in [1.82, 2.24) is 4.98 Å². The Bertz CT molecular complexity index is 2820. The third-order valence-corrected chi connectivity index (χ3v) is 9.28. The largest absolute Gasteiger partial charge is 0.456 e. The molecule has 0 atom stereocenters. The molecule has 0 radical (unpaired) electrons. The topological polar surface area (TPSA) is 42.4 Å². The van der Waals surface area contributed by atoms with Crippen LogP contribution in [0.1, 0.15) is 0 Å². The molecule has 10 rings (SSSR count). The Balaban J connectivity index is 1.23. The number of anilines is 3. The van der Waals surface area contributed by atoms with Gasteiger partial charge in [0.25, 0.3) is 0 Å². The van der Waals surface area contributed by atoms with Gasteiger partial charge in [-0.2, -0.15) is 0 Å². The summed E-state index contributed by atoms with van der Waals surface area (Å²) < 4.78 is 12.7. The van der Waals surface area contributed by atoms with E-state index in [9.17, 15) is 0 Å². The van der Waals surface area contributed by atoms with Gasteiger partial charge in [-0.15, -0.1) is 0 Å². The van der Waals surface area contributed by atoms with Crippen molar-refractivity contribution < 1.29 is 8.83 Å². The number of para-hydroxylation sites is 1. The van der Waals surface area contributed by atoms with Gasteiger partial charge in [0, 0.05) is 33.7 Å². The van der Waals surface area contributed by atoms with E-state index in [-0.39, 0.29) is 0 Å². The fourth-order valence-corrected chi connectivity index (χ4v) is 7.17. The first-order valence-corrected chi connectivity index (χ1v) is 15.8. The van der Waals surface area contributed by atoms with Crippen molar-refractivity contribution in [3.63, 3.8) is 0 Å². The molecule has 0 saturated heterocycles. The number of nitrogens with zero attached hydrogens (tertiary/aromatic N) is 2. The molecular weight excluding hydrogens is 576 g/mol. The molecule has 0 unspecified atom stereocenters. The number of aromatic nitrogens is 1. The molecule has 0 amide bonds. The van der Waals surface area contributed by atoms with E-state index in [0.29, 0.717) is 0 Å². The molecular formula is C43H26N2O2. The highest BCUT2D eigenvalue weighted by molar-refractivity contribution is 6.16. The smallest absolute Gasteiger partial charge is 0.153 e. The van der Waals surface area contributed by atoms with E-state index < -0.39 is 0 Å². The lowest BCUT2D eigenvalue weighted by Crippen LogP contribution is -2.10. The maximum Gasteiger partial charge on any atom is 0.153 e. The van der Waals surface area contributed by atoms with E-state index in [0.717, 1.165) is 77.4 Å². The number of hydrogen-bond donors (Lipinski definition) is 0. The van der Waals surface area contributed by atoms with Crippen LogP contribution in [0, 0.1) is 0 Å². The van der Waals surface area contributed by atoms with Gasteiger partial charge >= 0.3 is 0 Å². The van der Waals surface area contributed by atoms with E-state index in [4.69, 9.17) is 8.83 Å². The summed E-state index contributed by atoms with van der Waals surface area (Å²) in [6, 6.07) is 53.3. The number of rotatable bonds is 4. The SMILES string of the molecule is c1cc(-c2cccc3ccccc23)cc(N(c2ccc3c(ccc4c5ncccc5oc34)c2)c2cccc3oc4ccccc4c23)c1. The van der Waals surface area contributed by atoms with E-state index in [2.05, 4.69) is 137 Å². The van der Waals surface area contributed by atoms with Gasteiger partial charge in [0.2, 0.25) is 0 Å². The molecule has 3 aromatic heterocycles. The summed E-state index contributed by atoms with van der Waals surface area (Å²) in [4.78, 5) is 6.94. The molecule has 3 heterocycles. The van der Waals surface area contributed by atoms with Crippen molar-refractivity contribution in [3.05, 3.63) is 158 Å². The molecule has 0 fully saturated rings. The second-order valence-corrected chi connectivity index (χ2v) is 12.0. The monoisotopic (exact) mass is 602 g/mol. The summed E-state index contributed by atoms with van der Waals surface area (Å²) in [5.41, 5.74) is 9.78. The standard InChI is InChI=1S/C43H26N2O2/c1-2-13-32-27(9-1)10-6-15-33(32)28-11-5-12-30(25-28)45(37-16-7-18-39-41(37)35-14-3-4-17-38(35)46-39)31-21-23-34-29(26-31)20-22-36-42-40(47-43(34)36)19-8-24-44-42/h1-26H. The van der Waals surface area contributed by atoms with E-state index in [1.807, 2.05) is 30.5 Å². The summed E-state index contributed by atoms with van der Waals surface area (Å²) in [7, 11) is 0. The average Bonchev–Trinajstić information content (AvgIpc) is 3.71. The van der Waals surface area contributed by atoms with Gasteiger partial charge < -0.3 is 13.7 Å². The van der Waals surface area contributed by atoms with Crippen molar-refractivity contribution in [3.8, 4) is 11.1 Å². The fourth-order valence-electron chi connectivity index (χ4n) is 7.17. The maximum absolute atomic E-state index is 6.36. The Morgan fingerprint density at radius 2 is 1.23 bits per heavy atom. The van der Waals surface area contributed by atoms with Gasteiger partial charge in [-0.1, -0.05) is 84.9 Å². The first-order chi connectivity index (χ1) is 23.3. The lowest BCUT2D eigenvalue weighted by molar-refractivity contribution is 0.669. The third kappa shape index (κ3) is 3.98. The van der Waals surface area contributed by atoms with Crippen molar-refractivity contribution >= 4 is 82.6 Å². The van der Waals surface area contributed by atoms with Crippen molar-refractivity contribution in [2.24, 2.45) is 0 Å². The minimum atomic E-state index is 0.796. The number of fused-ring (bicyclic) bond motifs is 9. The van der Waals surface area contributed by atoms with Crippen LogP contribution in [-0.4, -0.2) is 4.98 Å². The van der Waals surface area contributed by atoms with Crippen molar-refractivity contribution in [2.45, 2.75) is 0 Å². The second kappa shape index (κ2) is 10.1. The molecule has 220 valence electrons. The molecule has 0 saturated carbocycles. The summed E-state index contributed by atoms with van der Waals surface area (Å²) in [5, 5.41) is 7.80. The lowest BCUT2D eigenvalue weighted by atomic mass is 9.97. The molecule has 4 heteroatoms. The average molecular weight is 603 g/mol. The van der Waals surface area contributed by atoms with Gasteiger partial charge in [-0.25, -0.2) is 0 Å². The highest BCUT2D eigenvalue weighted by atomic mass is 16.3. The first-order valence-electron chi connectivity index (χ1n) is 15.8. The van der Waals surface area contributed by atoms with E-state index in [1.54, 1.807) is 0 Å². The van der Waals surface area contributed by atoms with Crippen LogP contribution in [0.5, 0.6) is 0 Å². The van der Waals surface area contributed by atoms with E-state index >= 15 is 0 Å². The first kappa shape index (κ1) is 25.9. The zero-order valence-corrected chi connectivity index (χ0v) is 25.2. The molecule has 4 nitrogen and oxygen atoms in total. The molecule has 0 N–H and O–H groups in total. The second-order valence-electron chi connectivity index (χ2n) is 12.0. The fraction of sp³-hybridized carbons (Fsp3) is 0. The number of pyridine rings is 1. The molecule has 0 bridgehead atoms. The van der Waals surface area contributed by atoms with Crippen LogP contribution >= 0.6 is 0 Å². The highest BCUT2D eigenvalue weighted by Crippen LogP contribution is 2.45. The van der Waals surface area contributed by atoms with Crippen LogP contribution in [0.3, 0.4) is 0 Å². The van der Waals surface area contributed by atoms with E-state index in [1.165, 1.54) is 16.3 Å². The summed E-state index contributed by atoms with van der Waals surface area (Å²) in [5.74, 6) is 0. The maximum atomic E-state index is 6.36. The zero-order valence-electron chi connectivity index (χ0n) is 25.2. The molecule has 47 heavy (non-hydrogen) atoms. The summed E-state index contributed by atoms with van der Waals surface area (Å²) in [6.07, 6.45) is 1.81. The molecule has 0 aliphatic carbocycles. The molecule has 0 aliphatic heterocycles. The van der Waals surface area contributed by atoms with Gasteiger partial charge in [-0.3, -0.25) is 4.98 Å². The van der Waals surface area contributed by atoms with Crippen LogP contribution < -0.4 is 4.90 Å². The lowest BCUT2D eigenvalue weighted by Gasteiger charge is -2.27. The highest BCUT2D eigenvalue weighted by Gasteiger charge is 2.21. The predicted octanol–water partition coefficient (Wildman–Crippen LogP) is 12.3. The normalized spacial score (nSPS) is 11.8. The Morgan fingerprint density at radius 3 is 2.21 bits per heavy atom. The van der Waals surface area contributed by atoms with Crippen LogP contribution in [0.2, 0.25) is 0 Å². The number of hydrogen-bond acceptors (Lipinski definition) is 4. The van der Waals surface area contributed by atoms with Gasteiger partial charge in [-0.05, 0) is 94.0 Å². The molecule has 7 aromatic carbocycles. The van der Waals surface area contributed by atoms with Crippen molar-refractivity contribution in [2.75, 3.05) is 4.90 Å². The Morgan fingerprint density at radius 1 is 0.468 bits per heavy atom. The molecule has 0 aliphatic rings. The van der Waals surface area contributed by atoms with Crippen molar-refractivity contribution in [1.29, 1.82) is 0 Å². The van der Waals surface area contributed by atoms with Gasteiger partial charge in [0.1, 0.15) is 22.3 Å². The van der Waals surface area contributed by atoms with Crippen LogP contribution in [-0.2, 0) is 0 Å². The summed E-state index contributed by atoms with van der Waals surface area (Å²) in [6.45, 7) is 0. The van der Waals surface area contributed by atoms with Crippen LogP contribution in [0.4, 0.5) is 17.1 Å². The zero-order chi connectivity index (χ0) is 30.9. The Hall–Kier alpha value is -6.39. The third-order valence-electron chi connectivity index (χ3n) is 9.28. The summed E-state index contributed by atoms with van der Waals surface area (Å²) >= 11 is 0. The van der Waals surface area contributed by atoms with Gasteiger partial charge in [0.15, 0.2) is 5.58 Å². The molecule has 0 spiro atoms. The Kier molecular flexibility index (Phi) is 5.54. The molecule has 10 aromatic rings. The predicted molar refractivity (Wildman–Crippen MR) is 194 cm³/mol. The Labute approximate surface area is 269 Å². The number of benzene rings is 7. The quantitative estimate of drug-likeness (QED) is 0.201. The minimum Gasteiger partial charge on any atom is -0.456 e. The van der Waals surface area contributed by atoms with Gasteiger partial charge in [0.05, 0.1) is 11.1 Å². The van der Waals surface area contributed by atoms with Crippen LogP contribution in [0.25, 0.3) is 76.7 Å². The van der Waals surface area contributed by atoms with Crippen LogP contribution in [0.15, 0.2) is 167 Å². The minimum absolute atomic E-state index is 0.796. The number of furan rings is 2.